The van der Waals surface area contributed by atoms with Gasteiger partial charge in [-0.3, -0.25) is 0 Å². The minimum absolute atomic E-state index is 0.167. The number of nitrogens with zero attached hydrogens (tertiary/aromatic N) is 6. The van der Waals surface area contributed by atoms with E-state index in [2.05, 4.69) is 5.16 Å². The first-order valence-corrected chi connectivity index (χ1v) is 18.2. The van der Waals surface area contributed by atoms with Crippen molar-refractivity contribution in [3.05, 3.63) is 173 Å². The van der Waals surface area contributed by atoms with Crippen LogP contribution in [0.3, 0.4) is 0 Å². The van der Waals surface area contributed by atoms with Crippen molar-refractivity contribution in [1.82, 2.24) is 19.6 Å². The molecule has 12 heteroatoms. The topological polar surface area (TPSA) is 116 Å². The molecule has 0 amide bonds. The van der Waals surface area contributed by atoms with Crippen LogP contribution in [0, 0.1) is 13.8 Å². The van der Waals surface area contributed by atoms with Crippen molar-refractivity contribution in [1.29, 1.82) is 0 Å². The lowest BCUT2D eigenvalue weighted by Crippen LogP contribution is -2.46. The van der Waals surface area contributed by atoms with E-state index in [4.69, 9.17) is 44.0 Å². The van der Waals surface area contributed by atoms with Crippen molar-refractivity contribution in [2.75, 3.05) is 7.11 Å². The molecule has 4 aliphatic rings. The van der Waals surface area contributed by atoms with Gasteiger partial charge in [0.05, 0.1) is 41.4 Å². The van der Waals surface area contributed by atoms with Gasteiger partial charge in [0.1, 0.15) is 28.5 Å². The maximum absolute atomic E-state index is 7.07. The molecular formula is C44H34N6O6. The number of ether oxygens (including phenoxy) is 4. The van der Waals surface area contributed by atoms with Crippen LogP contribution in [0.5, 0.6) is 29.0 Å². The van der Waals surface area contributed by atoms with Crippen molar-refractivity contribution >= 4 is 11.6 Å². The summed E-state index contributed by atoms with van der Waals surface area (Å²) in [5.41, 5.74) is 6.18. The van der Waals surface area contributed by atoms with Gasteiger partial charge in [-0.25, -0.2) is 0 Å². The molecule has 7 aromatic rings. The maximum atomic E-state index is 7.07. The molecule has 0 saturated carbocycles. The zero-order valence-corrected chi connectivity index (χ0v) is 30.6. The van der Waals surface area contributed by atoms with E-state index in [0.717, 1.165) is 16.9 Å². The van der Waals surface area contributed by atoms with Crippen molar-refractivity contribution < 1.29 is 28.6 Å². The number of para-hydroxylation sites is 2. The highest BCUT2D eigenvalue weighted by atomic mass is 16.8. The molecule has 2 aromatic heterocycles. The molecule has 0 radical (unpaired) electrons. The third-order valence-corrected chi connectivity index (χ3v) is 10.2. The predicted molar refractivity (Wildman–Crippen MR) is 207 cm³/mol. The highest BCUT2D eigenvalue weighted by molar-refractivity contribution is 6.09. The molecule has 5 aromatic carbocycles. The van der Waals surface area contributed by atoms with E-state index in [9.17, 15) is 0 Å². The Labute approximate surface area is 321 Å². The van der Waals surface area contributed by atoms with Crippen LogP contribution in [0.4, 0.5) is 0 Å². The van der Waals surface area contributed by atoms with E-state index in [-0.39, 0.29) is 5.90 Å². The zero-order chi connectivity index (χ0) is 37.8. The maximum Gasteiger partial charge on any atom is 0.344 e. The average molecular weight is 743 g/mol. The number of fused-ring (bicyclic) bond motifs is 2. The Morgan fingerprint density at radius 2 is 1.14 bits per heavy atom. The van der Waals surface area contributed by atoms with E-state index < -0.39 is 17.8 Å². The second-order valence-corrected chi connectivity index (χ2v) is 13.6. The SMILES string of the molecule is COc1ccc([C@@]23ON=C(O2)c2c(C)nn(-c4ccccc4)c2Oc2ccc(cc2)Oc2c(c(C)nn2-c2ccccc2)C2=NO[C@@H]3[C@@H]2c2ccccc2)cc1. The van der Waals surface area contributed by atoms with Gasteiger partial charge in [0.25, 0.3) is 5.90 Å². The number of aryl methyl sites for hydroxylation is 2. The highest BCUT2D eigenvalue weighted by Gasteiger charge is 2.60. The van der Waals surface area contributed by atoms with Gasteiger partial charge in [-0.1, -0.05) is 71.9 Å². The number of hydrogen-bond donors (Lipinski definition) is 0. The van der Waals surface area contributed by atoms with Gasteiger partial charge in [0.15, 0.2) is 0 Å². The lowest BCUT2D eigenvalue weighted by atomic mass is 9.80. The summed E-state index contributed by atoms with van der Waals surface area (Å²) in [7, 11) is 1.62. The Morgan fingerprint density at radius 1 is 0.607 bits per heavy atom. The summed E-state index contributed by atoms with van der Waals surface area (Å²) in [5, 5.41) is 19.5. The molecule has 0 spiro atoms. The molecule has 0 unspecified atom stereocenters. The number of benzene rings is 5. The molecule has 11 rings (SSSR count). The molecule has 0 saturated heterocycles. The van der Waals surface area contributed by atoms with Crippen LogP contribution in [0.1, 0.15) is 39.6 Å². The Hall–Kier alpha value is -7.34. The first-order chi connectivity index (χ1) is 27.5. The van der Waals surface area contributed by atoms with Gasteiger partial charge in [-0.15, -0.1) is 0 Å². The monoisotopic (exact) mass is 742 g/mol. The van der Waals surface area contributed by atoms with Crippen LogP contribution < -0.4 is 14.2 Å². The van der Waals surface area contributed by atoms with E-state index in [1.165, 1.54) is 0 Å². The summed E-state index contributed by atoms with van der Waals surface area (Å²) in [6.45, 7) is 3.82. The van der Waals surface area contributed by atoms with Crippen LogP contribution in [-0.4, -0.2) is 44.4 Å². The third kappa shape index (κ3) is 5.36. The molecule has 0 aliphatic carbocycles. The normalized spacial score (nSPS) is 19.3. The lowest BCUT2D eigenvalue weighted by molar-refractivity contribution is -0.240. The molecule has 56 heavy (non-hydrogen) atoms. The Bertz CT molecular complexity index is 2620. The van der Waals surface area contributed by atoms with Crippen molar-refractivity contribution in [3.8, 4) is 40.4 Å². The number of oxime groups is 2. The van der Waals surface area contributed by atoms with Gasteiger partial charge in [0.2, 0.25) is 17.9 Å². The number of hydrogen-bond acceptors (Lipinski definition) is 10. The summed E-state index contributed by atoms with van der Waals surface area (Å²) in [5.74, 6) is 0.541. The van der Waals surface area contributed by atoms with E-state index >= 15 is 0 Å². The third-order valence-electron chi connectivity index (χ3n) is 10.2. The average Bonchev–Trinajstić information content (AvgIpc) is 4.03. The minimum atomic E-state index is -1.66. The number of aromatic nitrogens is 4. The van der Waals surface area contributed by atoms with Crippen LogP contribution in [0.15, 0.2) is 150 Å². The molecule has 4 aliphatic heterocycles. The second kappa shape index (κ2) is 13.2. The second-order valence-electron chi connectivity index (χ2n) is 13.6. The molecule has 12 nitrogen and oxygen atoms in total. The fourth-order valence-corrected chi connectivity index (χ4v) is 7.48. The first kappa shape index (κ1) is 33.2. The smallest absolute Gasteiger partial charge is 0.344 e. The fourth-order valence-electron chi connectivity index (χ4n) is 7.48. The Morgan fingerprint density at radius 3 is 1.71 bits per heavy atom. The quantitative estimate of drug-likeness (QED) is 0.172. The van der Waals surface area contributed by atoms with Gasteiger partial charge in [-0.05, 0) is 97.4 Å². The standard InChI is InChI=1S/C44H34N6O6/c1-27-36-39-38(29-13-7-4-8-14-29)40(55-47-39)44(30-19-21-33(51-3)22-20-30)54-41(48-56-44)37-28(2)46-50(32-17-11-6-12-18-32)43(37)53-35-25-23-34(24-26-35)52-42(36)49(45-27)31-15-9-5-10-16-31/h4-26,38,40H,1-3H3/t38-,40-,44+/m1/s1. The Balaban J connectivity index is 1.23. The summed E-state index contributed by atoms with van der Waals surface area (Å²) >= 11 is 0. The summed E-state index contributed by atoms with van der Waals surface area (Å²) in [6.07, 6.45) is -0.915. The molecule has 276 valence electrons. The van der Waals surface area contributed by atoms with Gasteiger partial charge in [-0.2, -0.15) is 19.6 Å². The summed E-state index contributed by atoms with van der Waals surface area (Å²) in [4.78, 5) is 13.2. The van der Waals surface area contributed by atoms with Crippen LogP contribution in [-0.2, 0) is 20.2 Å². The van der Waals surface area contributed by atoms with Crippen molar-refractivity contribution in [2.24, 2.45) is 10.3 Å². The summed E-state index contributed by atoms with van der Waals surface area (Å²) < 4.78 is 29.6. The summed E-state index contributed by atoms with van der Waals surface area (Å²) in [6, 6.07) is 44.4. The largest absolute Gasteiger partial charge is 0.497 e. The first-order valence-electron chi connectivity index (χ1n) is 18.2. The van der Waals surface area contributed by atoms with E-state index in [1.807, 2.05) is 153 Å². The lowest BCUT2D eigenvalue weighted by Gasteiger charge is -2.33. The van der Waals surface area contributed by atoms with Crippen molar-refractivity contribution in [2.45, 2.75) is 31.7 Å². The number of methoxy groups -OCH3 is 1. The molecule has 0 fully saturated rings. The Kier molecular flexibility index (Phi) is 7.84. The molecular weight excluding hydrogens is 709 g/mol. The van der Waals surface area contributed by atoms with Gasteiger partial charge in [0, 0.05) is 5.56 Å². The minimum Gasteiger partial charge on any atom is -0.497 e. The van der Waals surface area contributed by atoms with Crippen molar-refractivity contribution in [3.63, 3.8) is 0 Å². The molecule has 3 atom stereocenters. The van der Waals surface area contributed by atoms with Gasteiger partial charge < -0.3 is 28.6 Å². The zero-order valence-electron chi connectivity index (χ0n) is 30.6. The predicted octanol–water partition coefficient (Wildman–Crippen LogP) is 8.73. The fraction of sp³-hybridized carbons (Fsp3) is 0.136. The van der Waals surface area contributed by atoms with E-state index in [0.29, 0.717) is 62.8 Å². The molecule has 6 heterocycles. The van der Waals surface area contributed by atoms with Crippen LogP contribution >= 0.6 is 0 Å². The number of rotatable bonds is 5. The van der Waals surface area contributed by atoms with Crippen LogP contribution in [0.2, 0.25) is 0 Å². The van der Waals surface area contributed by atoms with Gasteiger partial charge >= 0.3 is 5.79 Å². The van der Waals surface area contributed by atoms with E-state index in [1.54, 1.807) is 16.5 Å². The molecule has 0 N–H and O–H groups in total. The molecule has 6 bridgehead atoms. The van der Waals surface area contributed by atoms with Crippen LogP contribution in [0.25, 0.3) is 11.4 Å². The highest BCUT2D eigenvalue weighted by Crippen LogP contribution is 2.50.